The molecule has 6 N–H and O–H groups in total. The maximum absolute atomic E-state index is 14.8. The molecular weight excluding hydrogens is 447 g/mol. The lowest BCUT2D eigenvalue weighted by molar-refractivity contribution is 0.100. The molecule has 0 spiro atoms. The molecule has 0 bridgehead atoms. The Morgan fingerprint density at radius 3 is 2.66 bits per heavy atom. The van der Waals surface area contributed by atoms with E-state index in [1.807, 2.05) is 29.1 Å². The minimum atomic E-state index is -0.757. The van der Waals surface area contributed by atoms with Gasteiger partial charge in [0, 0.05) is 35.9 Å². The van der Waals surface area contributed by atoms with Crippen LogP contribution in [0.4, 0.5) is 21.7 Å². The van der Waals surface area contributed by atoms with Crippen LogP contribution >= 0.6 is 0 Å². The number of nitrogens with two attached hydrogens (primary N) is 2. The number of fused-ring (bicyclic) bond motifs is 1. The maximum atomic E-state index is 14.8. The number of carbonyl (C=O) groups is 1. The van der Waals surface area contributed by atoms with Gasteiger partial charge in [-0.15, -0.1) is 0 Å². The number of pyridine rings is 1. The molecule has 2 fully saturated rings. The number of hydrogen-bond acceptors (Lipinski definition) is 7. The van der Waals surface area contributed by atoms with E-state index >= 15 is 0 Å². The zero-order valence-electron chi connectivity index (χ0n) is 19.8. The van der Waals surface area contributed by atoms with E-state index < -0.39 is 11.7 Å². The Hall–Kier alpha value is -3.24. The SMILES string of the molecule is NC(=O)c1cc(F)c(NC2CCCCC2N)nc1Nc1ccc2cn(CCN3CCCC3)nc2c1. The molecule has 1 aliphatic carbocycles. The molecule has 186 valence electrons. The first kappa shape index (κ1) is 23.5. The Morgan fingerprint density at radius 1 is 1.09 bits per heavy atom. The molecule has 3 heterocycles. The Kier molecular flexibility index (Phi) is 6.83. The third kappa shape index (κ3) is 5.38. The first-order valence-electron chi connectivity index (χ1n) is 12.5. The number of amides is 1. The molecule has 2 unspecified atom stereocenters. The highest BCUT2D eigenvalue weighted by molar-refractivity contribution is 5.99. The van der Waals surface area contributed by atoms with Gasteiger partial charge >= 0.3 is 0 Å². The number of carbonyl (C=O) groups excluding carboxylic acids is 1. The highest BCUT2D eigenvalue weighted by Crippen LogP contribution is 2.28. The van der Waals surface area contributed by atoms with Crippen LogP contribution in [0.1, 0.15) is 48.9 Å². The summed E-state index contributed by atoms with van der Waals surface area (Å²) in [5.74, 6) is -1.13. The molecule has 35 heavy (non-hydrogen) atoms. The second kappa shape index (κ2) is 10.2. The number of nitrogens with zero attached hydrogens (tertiary/aromatic N) is 4. The summed E-state index contributed by atoms with van der Waals surface area (Å²) in [6.45, 7) is 4.14. The lowest BCUT2D eigenvalue weighted by Crippen LogP contribution is -2.43. The highest BCUT2D eigenvalue weighted by Gasteiger charge is 2.24. The van der Waals surface area contributed by atoms with Crippen LogP contribution < -0.4 is 22.1 Å². The molecule has 3 aromatic rings. The summed E-state index contributed by atoms with van der Waals surface area (Å²) in [4.78, 5) is 18.9. The number of anilines is 3. The Morgan fingerprint density at radius 2 is 1.89 bits per heavy atom. The lowest BCUT2D eigenvalue weighted by atomic mass is 9.91. The summed E-state index contributed by atoms with van der Waals surface area (Å²) < 4.78 is 16.8. The van der Waals surface area contributed by atoms with E-state index in [1.54, 1.807) is 0 Å². The van der Waals surface area contributed by atoms with Gasteiger partial charge in [-0.2, -0.15) is 5.10 Å². The van der Waals surface area contributed by atoms with Crippen LogP contribution in [0.3, 0.4) is 0 Å². The van der Waals surface area contributed by atoms with Crippen molar-refractivity contribution in [1.82, 2.24) is 19.7 Å². The molecular formula is C25H33FN8O. The van der Waals surface area contributed by atoms with Crippen molar-refractivity contribution in [2.45, 2.75) is 57.2 Å². The molecule has 1 aliphatic heterocycles. The van der Waals surface area contributed by atoms with Crippen molar-refractivity contribution in [3.63, 3.8) is 0 Å². The fourth-order valence-corrected chi connectivity index (χ4v) is 5.03. The molecule has 10 heteroatoms. The molecule has 0 radical (unpaired) electrons. The zero-order chi connectivity index (χ0) is 24.4. The van der Waals surface area contributed by atoms with Crippen LogP contribution in [-0.4, -0.2) is 57.3 Å². The number of primary amides is 1. The van der Waals surface area contributed by atoms with E-state index in [-0.39, 0.29) is 29.3 Å². The average Bonchev–Trinajstić information content (AvgIpc) is 3.50. The van der Waals surface area contributed by atoms with Crippen LogP contribution in [0.25, 0.3) is 10.9 Å². The number of likely N-dealkylation sites (tertiary alicyclic amines) is 1. The monoisotopic (exact) mass is 480 g/mol. The van der Waals surface area contributed by atoms with Gasteiger partial charge in [0.25, 0.3) is 5.91 Å². The van der Waals surface area contributed by atoms with E-state index in [0.717, 1.165) is 68.8 Å². The second-order valence-electron chi connectivity index (χ2n) is 9.62. The van der Waals surface area contributed by atoms with Gasteiger partial charge in [0.15, 0.2) is 11.6 Å². The summed E-state index contributed by atoms with van der Waals surface area (Å²) in [6, 6.07) is 6.72. The number of benzene rings is 1. The molecule has 1 amide bonds. The maximum Gasteiger partial charge on any atom is 0.252 e. The van der Waals surface area contributed by atoms with Crippen molar-refractivity contribution in [1.29, 1.82) is 0 Å². The standard InChI is InChI=1S/C25H33FN8O/c26-19-14-18(23(28)35)24(31-25(19)30-21-6-2-1-5-20(21)27)29-17-8-7-16-15-34(32-22(16)13-17)12-11-33-9-3-4-10-33/h7-8,13-15,20-21H,1-6,9-12,27H2,(H2,28,35)(H2,29,30,31). The summed E-state index contributed by atoms with van der Waals surface area (Å²) in [7, 11) is 0. The Balaban J connectivity index is 1.36. The molecule has 5 rings (SSSR count). The topological polar surface area (TPSA) is 127 Å². The molecule has 2 aromatic heterocycles. The molecule has 2 aliphatic rings. The highest BCUT2D eigenvalue weighted by atomic mass is 19.1. The first-order chi connectivity index (χ1) is 17.0. The number of halogens is 1. The normalized spacial score (nSPS) is 20.9. The molecule has 9 nitrogen and oxygen atoms in total. The second-order valence-corrected chi connectivity index (χ2v) is 9.62. The van der Waals surface area contributed by atoms with E-state index in [0.29, 0.717) is 5.69 Å². The minimum Gasteiger partial charge on any atom is -0.365 e. The van der Waals surface area contributed by atoms with Gasteiger partial charge in [0.2, 0.25) is 0 Å². The molecule has 1 saturated heterocycles. The third-order valence-electron chi connectivity index (χ3n) is 7.04. The lowest BCUT2D eigenvalue weighted by Gasteiger charge is -2.30. The van der Waals surface area contributed by atoms with Gasteiger partial charge in [-0.25, -0.2) is 9.37 Å². The predicted octanol–water partition coefficient (Wildman–Crippen LogP) is 3.19. The van der Waals surface area contributed by atoms with E-state index in [2.05, 4.69) is 20.5 Å². The van der Waals surface area contributed by atoms with Gasteiger partial charge in [-0.3, -0.25) is 9.48 Å². The summed E-state index contributed by atoms with van der Waals surface area (Å²) in [5, 5.41) is 12.0. The molecule has 1 saturated carbocycles. The smallest absolute Gasteiger partial charge is 0.252 e. The molecule has 2 atom stereocenters. The summed E-state index contributed by atoms with van der Waals surface area (Å²) >= 11 is 0. The Bertz CT molecular complexity index is 1210. The van der Waals surface area contributed by atoms with Gasteiger partial charge < -0.3 is 27.0 Å². The number of aromatic nitrogens is 3. The zero-order valence-corrected chi connectivity index (χ0v) is 19.8. The number of hydrogen-bond donors (Lipinski definition) is 4. The van der Waals surface area contributed by atoms with E-state index in [9.17, 15) is 9.18 Å². The van der Waals surface area contributed by atoms with Gasteiger partial charge in [-0.05, 0) is 63.0 Å². The third-order valence-corrected chi connectivity index (χ3v) is 7.04. The van der Waals surface area contributed by atoms with Gasteiger partial charge in [0.05, 0.1) is 17.6 Å². The Labute approximate surface area is 204 Å². The van der Waals surface area contributed by atoms with Gasteiger partial charge in [0.1, 0.15) is 5.82 Å². The van der Waals surface area contributed by atoms with E-state index in [1.165, 1.54) is 12.8 Å². The fraction of sp³-hybridized carbons (Fsp3) is 0.480. The van der Waals surface area contributed by atoms with Crippen molar-refractivity contribution < 1.29 is 9.18 Å². The van der Waals surface area contributed by atoms with Crippen molar-refractivity contribution in [2.24, 2.45) is 11.5 Å². The summed E-state index contributed by atoms with van der Waals surface area (Å²) in [5.41, 5.74) is 13.2. The van der Waals surface area contributed by atoms with Crippen LogP contribution in [0, 0.1) is 5.82 Å². The first-order valence-corrected chi connectivity index (χ1v) is 12.5. The van der Waals surface area contributed by atoms with Crippen LogP contribution in [0.2, 0.25) is 0 Å². The average molecular weight is 481 g/mol. The van der Waals surface area contributed by atoms with E-state index in [4.69, 9.17) is 16.6 Å². The number of rotatable bonds is 8. The summed E-state index contributed by atoms with van der Waals surface area (Å²) in [6.07, 6.45) is 8.40. The van der Waals surface area contributed by atoms with Crippen molar-refractivity contribution in [3.8, 4) is 0 Å². The van der Waals surface area contributed by atoms with Crippen molar-refractivity contribution in [3.05, 3.63) is 41.8 Å². The van der Waals surface area contributed by atoms with Crippen molar-refractivity contribution >= 4 is 34.1 Å². The van der Waals surface area contributed by atoms with Gasteiger partial charge in [-0.1, -0.05) is 12.8 Å². The quantitative estimate of drug-likeness (QED) is 0.390. The predicted molar refractivity (Wildman–Crippen MR) is 135 cm³/mol. The number of nitrogens with one attached hydrogen (secondary N) is 2. The fourth-order valence-electron chi connectivity index (χ4n) is 5.03. The van der Waals surface area contributed by atoms with Crippen molar-refractivity contribution in [2.75, 3.05) is 30.3 Å². The molecule has 1 aromatic carbocycles. The van der Waals surface area contributed by atoms with Crippen LogP contribution in [0.5, 0.6) is 0 Å². The van der Waals surface area contributed by atoms with Crippen LogP contribution in [-0.2, 0) is 6.54 Å². The van der Waals surface area contributed by atoms with Crippen LogP contribution in [0.15, 0.2) is 30.5 Å². The largest absolute Gasteiger partial charge is 0.365 e. The minimum absolute atomic E-state index is 0.0165.